The lowest BCUT2D eigenvalue weighted by molar-refractivity contribution is -0.128. The van der Waals surface area contributed by atoms with Gasteiger partial charge in [0.2, 0.25) is 0 Å². The van der Waals surface area contributed by atoms with E-state index in [1.165, 1.54) is 61.3 Å². The Morgan fingerprint density at radius 3 is 2.32 bits per heavy atom. The lowest BCUT2D eigenvalue weighted by Crippen LogP contribution is -2.60. The van der Waals surface area contributed by atoms with Gasteiger partial charge in [-0.15, -0.1) is 0 Å². The van der Waals surface area contributed by atoms with Crippen molar-refractivity contribution in [2.24, 2.45) is 22.2 Å². The minimum atomic E-state index is 0.316. The normalized spacial score (nSPS) is 39.1. The van der Waals surface area contributed by atoms with Crippen LogP contribution in [0.2, 0.25) is 0 Å². The summed E-state index contributed by atoms with van der Waals surface area (Å²) in [5.41, 5.74) is 6.56. The average molecular weight is 375 g/mol. The van der Waals surface area contributed by atoms with Crippen molar-refractivity contribution in [2.75, 3.05) is 0 Å². The third-order valence-corrected chi connectivity index (χ3v) is 10.1. The summed E-state index contributed by atoms with van der Waals surface area (Å²) in [5.74, 6) is 0.851. The van der Waals surface area contributed by atoms with Crippen molar-refractivity contribution < 1.29 is 0 Å². The molecule has 3 aliphatic rings. The number of hydrogen-bond acceptors (Lipinski definition) is 0. The van der Waals surface area contributed by atoms with E-state index in [1.807, 2.05) is 0 Å². The molecule has 0 aromatic heterocycles. The summed E-state index contributed by atoms with van der Waals surface area (Å²) in [4.78, 5) is 0. The Morgan fingerprint density at radius 2 is 1.54 bits per heavy atom. The van der Waals surface area contributed by atoms with E-state index < -0.39 is 0 Å². The van der Waals surface area contributed by atoms with Crippen LogP contribution in [-0.4, -0.2) is 0 Å². The SMILES string of the molecule is Cc1cccc2c3c(ccc12)[C@@]1(C)CC[C@@]2(C)CCC(C)(C)C[C@H]2[C@]1(C)CC3. The molecule has 0 radical (unpaired) electrons. The molecule has 0 spiro atoms. The molecular weight excluding hydrogens is 336 g/mol. The first kappa shape index (κ1) is 18.7. The Hall–Kier alpha value is -1.30. The van der Waals surface area contributed by atoms with E-state index in [0.29, 0.717) is 21.7 Å². The molecule has 0 heteroatoms. The second kappa shape index (κ2) is 5.65. The second-order valence-corrected chi connectivity index (χ2v) is 12.1. The van der Waals surface area contributed by atoms with Crippen LogP contribution < -0.4 is 0 Å². The second-order valence-electron chi connectivity index (χ2n) is 12.1. The highest BCUT2D eigenvalue weighted by Gasteiger charge is 2.62. The van der Waals surface area contributed by atoms with E-state index in [9.17, 15) is 0 Å². The third kappa shape index (κ3) is 2.30. The molecule has 0 aliphatic heterocycles. The predicted octanol–water partition coefficient (Wildman–Crippen LogP) is 7.98. The molecule has 0 nitrogen and oxygen atoms in total. The maximum atomic E-state index is 2.68. The Kier molecular flexibility index (Phi) is 3.77. The van der Waals surface area contributed by atoms with E-state index in [2.05, 4.69) is 71.9 Å². The summed E-state index contributed by atoms with van der Waals surface area (Å²) < 4.78 is 0. The van der Waals surface area contributed by atoms with Crippen LogP contribution in [0.5, 0.6) is 0 Å². The maximum Gasteiger partial charge on any atom is -0.00154 e. The molecule has 2 saturated carbocycles. The summed E-state index contributed by atoms with van der Waals surface area (Å²) in [5, 5.41) is 2.99. The molecule has 0 amide bonds. The summed E-state index contributed by atoms with van der Waals surface area (Å²) in [7, 11) is 0. The lowest BCUT2D eigenvalue weighted by Gasteiger charge is -2.67. The highest BCUT2D eigenvalue weighted by Crippen LogP contribution is 2.70. The van der Waals surface area contributed by atoms with Gasteiger partial charge in [0.1, 0.15) is 0 Å². The Balaban J connectivity index is 1.69. The van der Waals surface area contributed by atoms with Crippen molar-refractivity contribution >= 4 is 10.8 Å². The molecule has 5 rings (SSSR count). The first-order valence-corrected chi connectivity index (χ1v) is 11.6. The zero-order chi connectivity index (χ0) is 19.9. The maximum absolute atomic E-state index is 2.68. The largest absolute Gasteiger partial charge is 0.0614 e. The fraction of sp³-hybridized carbons (Fsp3) is 0.643. The molecule has 0 saturated heterocycles. The third-order valence-electron chi connectivity index (χ3n) is 10.1. The predicted molar refractivity (Wildman–Crippen MR) is 121 cm³/mol. The van der Waals surface area contributed by atoms with Crippen molar-refractivity contribution in [2.45, 2.75) is 91.9 Å². The summed E-state index contributed by atoms with van der Waals surface area (Å²) in [6, 6.07) is 11.9. The van der Waals surface area contributed by atoms with Gasteiger partial charge in [0, 0.05) is 0 Å². The zero-order valence-electron chi connectivity index (χ0n) is 18.9. The van der Waals surface area contributed by atoms with E-state index >= 15 is 0 Å². The van der Waals surface area contributed by atoms with Crippen LogP contribution in [0.1, 0.15) is 89.8 Å². The number of hydrogen-bond donors (Lipinski definition) is 0. The van der Waals surface area contributed by atoms with Crippen molar-refractivity contribution in [1.82, 2.24) is 0 Å². The lowest BCUT2D eigenvalue weighted by atomic mass is 9.38. The van der Waals surface area contributed by atoms with Crippen molar-refractivity contribution in [3.8, 4) is 0 Å². The molecule has 2 aromatic carbocycles. The minimum Gasteiger partial charge on any atom is -0.0614 e. The van der Waals surface area contributed by atoms with Gasteiger partial charge >= 0.3 is 0 Å². The number of fused-ring (bicyclic) bond motifs is 7. The fourth-order valence-electron chi connectivity index (χ4n) is 7.84. The Morgan fingerprint density at radius 1 is 0.786 bits per heavy atom. The van der Waals surface area contributed by atoms with Crippen molar-refractivity contribution in [1.29, 1.82) is 0 Å². The average Bonchev–Trinajstić information content (AvgIpc) is 2.65. The molecule has 0 unspecified atom stereocenters. The fourth-order valence-corrected chi connectivity index (χ4v) is 7.84. The van der Waals surface area contributed by atoms with Gasteiger partial charge in [0.15, 0.2) is 0 Å². The van der Waals surface area contributed by atoms with Crippen LogP contribution in [0.25, 0.3) is 10.8 Å². The van der Waals surface area contributed by atoms with E-state index in [0.717, 1.165) is 5.92 Å². The van der Waals surface area contributed by atoms with Gasteiger partial charge in [0.05, 0.1) is 0 Å². The molecule has 28 heavy (non-hydrogen) atoms. The smallest absolute Gasteiger partial charge is 0.00154 e. The molecule has 4 atom stereocenters. The number of rotatable bonds is 0. The zero-order valence-corrected chi connectivity index (χ0v) is 18.9. The summed E-state index contributed by atoms with van der Waals surface area (Å²) in [6.45, 7) is 15.3. The Labute approximate surface area is 172 Å². The van der Waals surface area contributed by atoms with E-state index in [1.54, 1.807) is 11.1 Å². The first-order valence-electron chi connectivity index (χ1n) is 11.6. The van der Waals surface area contributed by atoms with Crippen molar-refractivity contribution in [3.63, 3.8) is 0 Å². The summed E-state index contributed by atoms with van der Waals surface area (Å²) in [6.07, 6.45) is 9.65. The van der Waals surface area contributed by atoms with Crippen LogP contribution in [0.3, 0.4) is 0 Å². The van der Waals surface area contributed by atoms with Crippen LogP contribution >= 0.6 is 0 Å². The Bertz CT molecular complexity index is 950. The van der Waals surface area contributed by atoms with Crippen LogP contribution in [0.15, 0.2) is 30.3 Å². The molecule has 2 aromatic rings. The molecular formula is C28H38. The molecule has 2 fully saturated rings. The minimum absolute atomic E-state index is 0.316. The number of benzene rings is 2. The van der Waals surface area contributed by atoms with Gasteiger partial charge in [-0.25, -0.2) is 0 Å². The van der Waals surface area contributed by atoms with Gasteiger partial charge in [0.25, 0.3) is 0 Å². The van der Waals surface area contributed by atoms with Gasteiger partial charge in [-0.2, -0.15) is 0 Å². The molecule has 150 valence electrons. The van der Waals surface area contributed by atoms with Gasteiger partial charge in [-0.05, 0) is 107 Å². The standard InChI is InChI=1S/C28H38/c1-19-8-7-9-21-20(19)10-11-23-22(21)12-13-28(6)24-18-25(2,3)14-15-26(24,4)16-17-27(23,28)5/h7-11,24H,12-18H2,1-6H3/t24-,26-,27-,28+/m1/s1. The highest BCUT2D eigenvalue weighted by molar-refractivity contribution is 5.90. The van der Waals surface area contributed by atoms with Crippen LogP contribution in [0.4, 0.5) is 0 Å². The molecule has 0 N–H and O–H groups in total. The van der Waals surface area contributed by atoms with Gasteiger partial charge in [-0.1, -0.05) is 65.0 Å². The summed E-state index contributed by atoms with van der Waals surface area (Å²) >= 11 is 0. The highest BCUT2D eigenvalue weighted by atomic mass is 14.7. The molecule has 0 heterocycles. The van der Waals surface area contributed by atoms with Gasteiger partial charge < -0.3 is 0 Å². The monoisotopic (exact) mass is 374 g/mol. The van der Waals surface area contributed by atoms with Crippen LogP contribution in [-0.2, 0) is 11.8 Å². The molecule has 0 bridgehead atoms. The van der Waals surface area contributed by atoms with Crippen LogP contribution in [0, 0.1) is 29.1 Å². The van der Waals surface area contributed by atoms with E-state index in [-0.39, 0.29) is 0 Å². The van der Waals surface area contributed by atoms with Crippen molar-refractivity contribution in [3.05, 3.63) is 47.0 Å². The number of aryl methyl sites for hydroxylation is 2. The van der Waals surface area contributed by atoms with Gasteiger partial charge in [-0.3, -0.25) is 0 Å². The quantitative estimate of drug-likeness (QED) is 0.438. The van der Waals surface area contributed by atoms with E-state index in [4.69, 9.17) is 0 Å². The first-order chi connectivity index (χ1) is 13.1. The molecule has 3 aliphatic carbocycles. The topological polar surface area (TPSA) is 0 Å².